The molecule has 1 unspecified atom stereocenters. The zero-order valence-electron chi connectivity index (χ0n) is 10.6. The van der Waals surface area contributed by atoms with Gasteiger partial charge in [0.25, 0.3) is 0 Å². The highest BCUT2D eigenvalue weighted by atomic mass is 79.9. The Labute approximate surface area is 117 Å². The lowest BCUT2D eigenvalue weighted by Crippen LogP contribution is -2.33. The van der Waals surface area contributed by atoms with Crippen molar-refractivity contribution in [1.82, 2.24) is 5.32 Å². The second-order valence-corrected chi connectivity index (χ2v) is 6.46. The second kappa shape index (κ2) is 5.35. The Morgan fingerprint density at radius 1 is 1.28 bits per heavy atom. The Morgan fingerprint density at radius 3 is 2.39 bits per heavy atom. The zero-order chi connectivity index (χ0) is 12.5. The summed E-state index contributed by atoms with van der Waals surface area (Å²) < 4.78 is 6.37. The predicted molar refractivity (Wildman–Crippen MR) is 75.1 cm³/mol. The van der Waals surface area contributed by atoms with Crippen LogP contribution < -0.4 is 11.1 Å². The van der Waals surface area contributed by atoms with Crippen LogP contribution in [0.3, 0.4) is 0 Å². The van der Waals surface area contributed by atoms with E-state index in [1.165, 1.54) is 25.7 Å². The van der Waals surface area contributed by atoms with Crippen molar-refractivity contribution in [2.75, 3.05) is 13.1 Å². The molecule has 3 N–H and O–H groups in total. The molecule has 0 radical (unpaired) electrons. The molecule has 4 heteroatoms. The average Bonchev–Trinajstić information content (AvgIpc) is 3.26. The van der Waals surface area contributed by atoms with Gasteiger partial charge in [-0.15, -0.1) is 0 Å². The van der Waals surface area contributed by atoms with Crippen molar-refractivity contribution in [3.05, 3.63) is 22.6 Å². The van der Waals surface area contributed by atoms with Gasteiger partial charge in [-0.1, -0.05) is 0 Å². The molecule has 2 fully saturated rings. The van der Waals surface area contributed by atoms with E-state index in [1.54, 1.807) is 0 Å². The third kappa shape index (κ3) is 2.98. The Hall–Kier alpha value is -0.320. The molecule has 0 bridgehead atoms. The number of halogens is 1. The van der Waals surface area contributed by atoms with Crippen LogP contribution in [0.15, 0.2) is 21.2 Å². The lowest BCUT2D eigenvalue weighted by atomic mass is 9.97. The quantitative estimate of drug-likeness (QED) is 0.813. The van der Waals surface area contributed by atoms with Crippen LogP contribution in [0.2, 0.25) is 0 Å². The molecule has 3 rings (SSSR count). The zero-order valence-corrected chi connectivity index (χ0v) is 12.2. The summed E-state index contributed by atoms with van der Waals surface area (Å²) in [5.74, 6) is 3.77. The molecule has 3 nitrogen and oxygen atoms in total. The van der Waals surface area contributed by atoms with Gasteiger partial charge in [-0.05, 0) is 78.0 Å². The molecule has 0 saturated heterocycles. The first-order valence-electron chi connectivity index (χ1n) is 6.96. The maximum atomic E-state index is 5.85. The molecule has 1 aromatic rings. The third-order valence-electron chi connectivity index (χ3n) is 4.23. The normalized spacial score (nSPS) is 21.5. The average molecular weight is 313 g/mol. The number of hydrogen-bond donors (Lipinski definition) is 2. The molecule has 2 aliphatic carbocycles. The fourth-order valence-corrected chi connectivity index (χ4v) is 3.18. The SMILES string of the molecule is NCC(NCC(C1CC1)C1CC1)c1ccc(Br)o1. The summed E-state index contributed by atoms with van der Waals surface area (Å²) in [6.45, 7) is 1.68. The first kappa shape index (κ1) is 12.7. The summed E-state index contributed by atoms with van der Waals surface area (Å²) in [6, 6.07) is 4.08. The monoisotopic (exact) mass is 312 g/mol. The van der Waals surface area contributed by atoms with E-state index in [4.69, 9.17) is 10.2 Å². The Balaban J connectivity index is 1.56. The molecule has 1 heterocycles. The molecule has 2 saturated carbocycles. The fourth-order valence-electron chi connectivity index (χ4n) is 2.86. The van der Waals surface area contributed by atoms with Crippen LogP contribution in [0, 0.1) is 17.8 Å². The van der Waals surface area contributed by atoms with Gasteiger partial charge in [-0.3, -0.25) is 0 Å². The van der Waals surface area contributed by atoms with Crippen LogP contribution in [0.1, 0.15) is 37.5 Å². The van der Waals surface area contributed by atoms with Crippen LogP contribution in [0.25, 0.3) is 0 Å². The smallest absolute Gasteiger partial charge is 0.169 e. The first-order valence-corrected chi connectivity index (χ1v) is 7.76. The van der Waals surface area contributed by atoms with Crippen LogP contribution in [0.4, 0.5) is 0 Å². The van der Waals surface area contributed by atoms with E-state index < -0.39 is 0 Å². The van der Waals surface area contributed by atoms with E-state index in [2.05, 4.69) is 21.2 Å². The van der Waals surface area contributed by atoms with Gasteiger partial charge in [0.05, 0.1) is 6.04 Å². The Bertz CT molecular complexity index is 386. The number of nitrogens with two attached hydrogens (primary N) is 1. The molecule has 0 amide bonds. The number of rotatable bonds is 7. The van der Waals surface area contributed by atoms with E-state index in [9.17, 15) is 0 Å². The lowest BCUT2D eigenvalue weighted by molar-refractivity contribution is 0.334. The van der Waals surface area contributed by atoms with Crippen LogP contribution in [0.5, 0.6) is 0 Å². The van der Waals surface area contributed by atoms with Gasteiger partial charge in [-0.2, -0.15) is 0 Å². The van der Waals surface area contributed by atoms with E-state index >= 15 is 0 Å². The van der Waals surface area contributed by atoms with Gasteiger partial charge in [-0.25, -0.2) is 0 Å². The molecular formula is C14H21BrN2O. The van der Waals surface area contributed by atoms with E-state index in [0.29, 0.717) is 6.54 Å². The highest BCUT2D eigenvalue weighted by molar-refractivity contribution is 9.10. The fraction of sp³-hybridized carbons (Fsp3) is 0.714. The number of nitrogens with one attached hydrogen (secondary N) is 1. The molecule has 1 atom stereocenters. The minimum Gasteiger partial charge on any atom is -0.453 e. The predicted octanol–water partition coefficient (Wildman–Crippen LogP) is 3.07. The molecular weight excluding hydrogens is 292 g/mol. The molecule has 18 heavy (non-hydrogen) atoms. The molecule has 100 valence electrons. The van der Waals surface area contributed by atoms with Crippen molar-refractivity contribution < 1.29 is 4.42 Å². The summed E-state index contributed by atoms with van der Waals surface area (Å²) >= 11 is 3.34. The van der Waals surface area contributed by atoms with Crippen LogP contribution in [-0.2, 0) is 0 Å². The summed E-state index contributed by atoms with van der Waals surface area (Å²) in [7, 11) is 0. The Morgan fingerprint density at radius 2 is 1.94 bits per heavy atom. The standard InChI is InChI=1S/C14H21BrN2O/c15-14-6-5-13(18-14)12(7-16)17-8-11(9-1-2-9)10-3-4-10/h5-6,9-12,17H,1-4,7-8,16H2. The van der Waals surface area contributed by atoms with E-state index in [-0.39, 0.29) is 6.04 Å². The number of hydrogen-bond acceptors (Lipinski definition) is 3. The van der Waals surface area contributed by atoms with Gasteiger partial charge in [0.15, 0.2) is 4.67 Å². The highest BCUT2D eigenvalue weighted by Gasteiger charge is 2.41. The summed E-state index contributed by atoms with van der Waals surface area (Å²) in [6.07, 6.45) is 5.73. The maximum Gasteiger partial charge on any atom is 0.169 e. The molecule has 0 aliphatic heterocycles. The maximum absolute atomic E-state index is 5.85. The second-order valence-electron chi connectivity index (χ2n) is 5.68. The third-order valence-corrected chi connectivity index (χ3v) is 4.65. The molecule has 0 aromatic carbocycles. The van der Waals surface area contributed by atoms with Gasteiger partial charge in [0.1, 0.15) is 5.76 Å². The first-order chi connectivity index (χ1) is 8.78. The summed E-state index contributed by atoms with van der Waals surface area (Å²) in [5, 5.41) is 3.60. The van der Waals surface area contributed by atoms with Crippen molar-refractivity contribution in [3.8, 4) is 0 Å². The van der Waals surface area contributed by atoms with Gasteiger partial charge in [0.2, 0.25) is 0 Å². The van der Waals surface area contributed by atoms with Gasteiger partial charge < -0.3 is 15.5 Å². The van der Waals surface area contributed by atoms with Gasteiger partial charge >= 0.3 is 0 Å². The van der Waals surface area contributed by atoms with Crippen molar-refractivity contribution in [2.24, 2.45) is 23.5 Å². The van der Waals surface area contributed by atoms with Crippen molar-refractivity contribution in [2.45, 2.75) is 31.7 Å². The van der Waals surface area contributed by atoms with Crippen molar-refractivity contribution in [1.29, 1.82) is 0 Å². The highest BCUT2D eigenvalue weighted by Crippen LogP contribution is 2.49. The van der Waals surface area contributed by atoms with Gasteiger partial charge in [0, 0.05) is 6.54 Å². The molecule has 2 aliphatic rings. The summed E-state index contributed by atoms with van der Waals surface area (Å²) in [4.78, 5) is 0. The van der Waals surface area contributed by atoms with Crippen molar-refractivity contribution >= 4 is 15.9 Å². The topological polar surface area (TPSA) is 51.2 Å². The largest absolute Gasteiger partial charge is 0.453 e. The molecule has 0 spiro atoms. The van der Waals surface area contributed by atoms with E-state index in [1.807, 2.05) is 12.1 Å². The number of furan rings is 1. The minimum atomic E-state index is 0.149. The van der Waals surface area contributed by atoms with E-state index in [0.717, 1.165) is 34.7 Å². The van der Waals surface area contributed by atoms with Crippen LogP contribution >= 0.6 is 15.9 Å². The van der Waals surface area contributed by atoms with Crippen LogP contribution in [-0.4, -0.2) is 13.1 Å². The van der Waals surface area contributed by atoms with Crippen molar-refractivity contribution in [3.63, 3.8) is 0 Å². The summed E-state index contributed by atoms with van der Waals surface area (Å²) in [5.41, 5.74) is 5.85. The minimum absolute atomic E-state index is 0.149. The molecule has 1 aromatic heterocycles. The Kier molecular flexibility index (Phi) is 3.78. The lowest BCUT2D eigenvalue weighted by Gasteiger charge is -2.20.